The van der Waals surface area contributed by atoms with E-state index in [0.717, 1.165) is 32.3 Å². The van der Waals surface area contributed by atoms with E-state index in [1.54, 1.807) is 0 Å². The van der Waals surface area contributed by atoms with E-state index in [9.17, 15) is 4.79 Å². The third-order valence-corrected chi connectivity index (χ3v) is 2.95. The van der Waals surface area contributed by atoms with Crippen molar-refractivity contribution < 1.29 is 19.0 Å². The van der Waals surface area contributed by atoms with Gasteiger partial charge in [-0.05, 0) is 32.1 Å². The Morgan fingerprint density at radius 3 is 2.87 bits per heavy atom. The molecule has 2 heterocycles. The number of hydrogen-bond donors (Lipinski definition) is 0. The molecule has 4 heteroatoms. The average Bonchev–Trinajstić information content (AvgIpc) is 2.66. The Balaban J connectivity index is 1.59. The molecule has 0 N–H and O–H groups in total. The summed E-state index contributed by atoms with van der Waals surface area (Å²) in [7, 11) is 0. The van der Waals surface area contributed by atoms with Gasteiger partial charge in [-0.25, -0.2) is 0 Å². The standard InChI is InChI=1S/C11H18O4/c12-11-9(5-8-15-11)4-7-14-10-3-1-2-6-13-10/h9-10H,1-8H2/t9-,10-/m1/s1. The van der Waals surface area contributed by atoms with Crippen LogP contribution in [0.2, 0.25) is 0 Å². The first-order valence-electron chi connectivity index (χ1n) is 5.76. The highest BCUT2D eigenvalue weighted by atomic mass is 16.7. The van der Waals surface area contributed by atoms with Gasteiger partial charge in [-0.2, -0.15) is 0 Å². The molecule has 2 rings (SSSR count). The molecule has 0 aromatic rings. The molecule has 0 bridgehead atoms. The Bertz CT molecular complexity index is 211. The van der Waals surface area contributed by atoms with Crippen molar-refractivity contribution in [2.45, 2.75) is 38.4 Å². The van der Waals surface area contributed by atoms with Crippen LogP contribution in [0.3, 0.4) is 0 Å². The van der Waals surface area contributed by atoms with Crippen LogP contribution in [-0.4, -0.2) is 32.1 Å². The predicted molar refractivity (Wildman–Crippen MR) is 53.2 cm³/mol. The van der Waals surface area contributed by atoms with E-state index in [-0.39, 0.29) is 18.2 Å². The second-order valence-corrected chi connectivity index (χ2v) is 4.11. The number of cyclic esters (lactones) is 1. The number of esters is 1. The molecule has 4 nitrogen and oxygen atoms in total. The second-order valence-electron chi connectivity index (χ2n) is 4.11. The van der Waals surface area contributed by atoms with E-state index in [2.05, 4.69) is 0 Å². The lowest BCUT2D eigenvalue weighted by Crippen LogP contribution is -2.23. The van der Waals surface area contributed by atoms with Crippen molar-refractivity contribution in [3.63, 3.8) is 0 Å². The highest BCUT2D eigenvalue weighted by Crippen LogP contribution is 2.19. The van der Waals surface area contributed by atoms with Gasteiger partial charge in [-0.15, -0.1) is 0 Å². The van der Waals surface area contributed by atoms with Crippen LogP contribution in [0.1, 0.15) is 32.1 Å². The summed E-state index contributed by atoms with van der Waals surface area (Å²) in [4.78, 5) is 11.1. The molecule has 0 amide bonds. The molecule has 2 atom stereocenters. The Morgan fingerprint density at radius 1 is 1.27 bits per heavy atom. The van der Waals surface area contributed by atoms with Crippen LogP contribution in [-0.2, 0) is 19.0 Å². The summed E-state index contributed by atoms with van der Waals surface area (Å²) >= 11 is 0. The summed E-state index contributed by atoms with van der Waals surface area (Å²) in [5, 5.41) is 0. The van der Waals surface area contributed by atoms with E-state index >= 15 is 0 Å². The van der Waals surface area contributed by atoms with Crippen molar-refractivity contribution in [2.24, 2.45) is 5.92 Å². The molecule has 2 saturated heterocycles. The van der Waals surface area contributed by atoms with E-state index in [0.29, 0.717) is 13.2 Å². The summed E-state index contributed by atoms with van der Waals surface area (Å²) in [5.74, 6) is -0.0169. The smallest absolute Gasteiger partial charge is 0.309 e. The average molecular weight is 214 g/mol. The fourth-order valence-electron chi connectivity index (χ4n) is 1.98. The molecule has 2 aliphatic rings. The van der Waals surface area contributed by atoms with Gasteiger partial charge in [0, 0.05) is 6.61 Å². The van der Waals surface area contributed by atoms with Crippen LogP contribution in [0.4, 0.5) is 0 Å². The number of carbonyl (C=O) groups is 1. The number of carbonyl (C=O) groups excluding carboxylic acids is 1. The maximum Gasteiger partial charge on any atom is 0.309 e. The van der Waals surface area contributed by atoms with Crippen LogP contribution in [0.15, 0.2) is 0 Å². The molecule has 0 spiro atoms. The highest BCUT2D eigenvalue weighted by molar-refractivity contribution is 5.74. The van der Waals surface area contributed by atoms with E-state index in [4.69, 9.17) is 14.2 Å². The summed E-state index contributed by atoms with van der Waals surface area (Å²) in [6.45, 7) is 1.98. The van der Waals surface area contributed by atoms with Gasteiger partial charge in [0.05, 0.1) is 19.1 Å². The van der Waals surface area contributed by atoms with Crippen molar-refractivity contribution in [3.05, 3.63) is 0 Å². The Labute approximate surface area is 89.9 Å². The Kier molecular flexibility index (Phi) is 3.97. The van der Waals surface area contributed by atoms with Crippen molar-refractivity contribution in [2.75, 3.05) is 19.8 Å². The maximum atomic E-state index is 11.1. The number of rotatable bonds is 4. The monoisotopic (exact) mass is 214 g/mol. The minimum atomic E-state index is -0.0665. The molecule has 0 aromatic heterocycles. The first-order chi connectivity index (χ1) is 7.36. The second kappa shape index (κ2) is 5.47. The summed E-state index contributed by atoms with van der Waals surface area (Å²) in [5.41, 5.74) is 0. The Hall–Kier alpha value is -0.610. The van der Waals surface area contributed by atoms with Gasteiger partial charge in [0.25, 0.3) is 0 Å². The highest BCUT2D eigenvalue weighted by Gasteiger charge is 2.26. The van der Waals surface area contributed by atoms with Crippen LogP contribution in [0.25, 0.3) is 0 Å². The van der Waals surface area contributed by atoms with Gasteiger partial charge in [-0.3, -0.25) is 4.79 Å². The Morgan fingerprint density at radius 2 is 2.20 bits per heavy atom. The lowest BCUT2D eigenvalue weighted by atomic mass is 10.1. The molecule has 0 unspecified atom stereocenters. The molecule has 2 aliphatic heterocycles. The molecule has 2 fully saturated rings. The molecule has 15 heavy (non-hydrogen) atoms. The zero-order valence-electron chi connectivity index (χ0n) is 8.94. The van der Waals surface area contributed by atoms with E-state index in [1.807, 2.05) is 0 Å². The van der Waals surface area contributed by atoms with Gasteiger partial charge < -0.3 is 14.2 Å². The van der Waals surface area contributed by atoms with Crippen molar-refractivity contribution >= 4 is 5.97 Å². The minimum Gasteiger partial charge on any atom is -0.465 e. The van der Waals surface area contributed by atoms with Gasteiger partial charge in [0.1, 0.15) is 0 Å². The normalized spacial score (nSPS) is 31.6. The molecule has 0 aliphatic carbocycles. The van der Waals surface area contributed by atoms with E-state index < -0.39 is 0 Å². The van der Waals surface area contributed by atoms with Crippen LogP contribution < -0.4 is 0 Å². The van der Waals surface area contributed by atoms with Crippen LogP contribution >= 0.6 is 0 Å². The maximum absolute atomic E-state index is 11.1. The first-order valence-corrected chi connectivity index (χ1v) is 5.76. The SMILES string of the molecule is O=C1OCC[C@H]1CCO[C@@H]1CCCCO1. The molecule has 0 aromatic carbocycles. The molecular formula is C11H18O4. The summed E-state index contributed by atoms with van der Waals surface area (Å²) in [6, 6.07) is 0. The largest absolute Gasteiger partial charge is 0.465 e. The van der Waals surface area contributed by atoms with E-state index in [1.165, 1.54) is 6.42 Å². The fraction of sp³-hybridized carbons (Fsp3) is 0.909. The van der Waals surface area contributed by atoms with Crippen molar-refractivity contribution in [1.82, 2.24) is 0 Å². The molecule has 0 radical (unpaired) electrons. The van der Waals surface area contributed by atoms with Crippen LogP contribution in [0.5, 0.6) is 0 Å². The van der Waals surface area contributed by atoms with Gasteiger partial charge in [0.15, 0.2) is 6.29 Å². The van der Waals surface area contributed by atoms with Crippen molar-refractivity contribution in [1.29, 1.82) is 0 Å². The summed E-state index contributed by atoms with van der Waals surface area (Å²) in [6.07, 6.45) is 4.85. The summed E-state index contributed by atoms with van der Waals surface area (Å²) < 4.78 is 15.9. The zero-order valence-corrected chi connectivity index (χ0v) is 8.94. The van der Waals surface area contributed by atoms with Gasteiger partial charge >= 0.3 is 5.97 Å². The van der Waals surface area contributed by atoms with Crippen LogP contribution in [0, 0.1) is 5.92 Å². The molecule has 86 valence electrons. The third-order valence-electron chi connectivity index (χ3n) is 2.95. The lowest BCUT2D eigenvalue weighted by Gasteiger charge is -2.22. The quantitative estimate of drug-likeness (QED) is 0.665. The number of hydrogen-bond acceptors (Lipinski definition) is 4. The van der Waals surface area contributed by atoms with Crippen molar-refractivity contribution in [3.8, 4) is 0 Å². The predicted octanol–water partition coefficient (Wildman–Crippen LogP) is 1.48. The lowest BCUT2D eigenvalue weighted by molar-refractivity contribution is -0.165. The minimum absolute atomic E-state index is 0.0452. The zero-order chi connectivity index (χ0) is 10.5. The topological polar surface area (TPSA) is 44.8 Å². The molecule has 0 saturated carbocycles. The number of ether oxygens (including phenoxy) is 3. The van der Waals surface area contributed by atoms with Gasteiger partial charge in [0.2, 0.25) is 0 Å². The van der Waals surface area contributed by atoms with Gasteiger partial charge in [-0.1, -0.05) is 0 Å². The third kappa shape index (κ3) is 3.18. The first kappa shape index (κ1) is 10.9. The molecular weight excluding hydrogens is 196 g/mol. The fourth-order valence-corrected chi connectivity index (χ4v) is 1.98.